The molecule has 1 saturated carbocycles. The Morgan fingerprint density at radius 3 is 2.74 bits per heavy atom. The molecule has 1 aromatic heterocycles. The van der Waals surface area contributed by atoms with Crippen molar-refractivity contribution in [2.24, 2.45) is 13.0 Å². The lowest BCUT2D eigenvalue weighted by molar-refractivity contribution is 0.423. The second-order valence-electron chi connectivity index (χ2n) is 5.76. The third kappa shape index (κ3) is 3.96. The Morgan fingerprint density at radius 1 is 1.47 bits per heavy atom. The van der Waals surface area contributed by atoms with Crippen molar-refractivity contribution in [2.75, 3.05) is 6.54 Å². The molecule has 0 amide bonds. The van der Waals surface area contributed by atoms with E-state index in [2.05, 4.69) is 17.3 Å². The van der Waals surface area contributed by atoms with Crippen molar-refractivity contribution in [1.82, 2.24) is 15.1 Å². The molecule has 1 aliphatic rings. The van der Waals surface area contributed by atoms with Crippen molar-refractivity contribution >= 4 is 11.6 Å². The van der Waals surface area contributed by atoms with Crippen molar-refractivity contribution in [1.29, 1.82) is 0 Å². The molecule has 0 saturated heterocycles. The Kier molecular flexibility index (Phi) is 5.28. The zero-order chi connectivity index (χ0) is 13.8. The van der Waals surface area contributed by atoms with Gasteiger partial charge < -0.3 is 5.32 Å². The topological polar surface area (TPSA) is 29.9 Å². The van der Waals surface area contributed by atoms with E-state index in [0.717, 1.165) is 29.6 Å². The van der Waals surface area contributed by atoms with Crippen LogP contribution in [-0.4, -0.2) is 22.4 Å². The molecule has 19 heavy (non-hydrogen) atoms. The lowest BCUT2D eigenvalue weighted by Gasteiger charge is -2.17. The third-order valence-electron chi connectivity index (χ3n) is 4.04. The van der Waals surface area contributed by atoms with E-state index in [0.29, 0.717) is 6.04 Å². The average molecular weight is 284 g/mol. The highest BCUT2D eigenvalue weighted by Crippen LogP contribution is 2.35. The first-order valence-electron chi connectivity index (χ1n) is 7.54. The van der Waals surface area contributed by atoms with E-state index in [1.807, 2.05) is 18.7 Å². The van der Waals surface area contributed by atoms with E-state index < -0.39 is 0 Å². The summed E-state index contributed by atoms with van der Waals surface area (Å²) in [6.45, 7) is 5.35. The summed E-state index contributed by atoms with van der Waals surface area (Å²) in [6.07, 6.45) is 7.52. The largest absolute Gasteiger partial charge is 0.314 e. The van der Waals surface area contributed by atoms with E-state index >= 15 is 0 Å². The fourth-order valence-corrected chi connectivity index (χ4v) is 3.03. The van der Waals surface area contributed by atoms with Crippen molar-refractivity contribution in [3.63, 3.8) is 0 Å². The van der Waals surface area contributed by atoms with Crippen molar-refractivity contribution in [2.45, 2.75) is 58.4 Å². The Labute approximate surface area is 121 Å². The summed E-state index contributed by atoms with van der Waals surface area (Å²) in [5.74, 6) is 0.926. The normalized spacial score (nSPS) is 16.8. The Bertz CT molecular complexity index is 410. The fraction of sp³-hybridized carbons (Fsp3) is 0.800. The number of nitrogens with zero attached hydrogens (tertiary/aromatic N) is 2. The second kappa shape index (κ2) is 6.76. The van der Waals surface area contributed by atoms with Gasteiger partial charge in [0.05, 0.1) is 16.4 Å². The van der Waals surface area contributed by atoms with Crippen LogP contribution in [0.5, 0.6) is 0 Å². The summed E-state index contributed by atoms with van der Waals surface area (Å²) < 4.78 is 1.93. The van der Waals surface area contributed by atoms with Gasteiger partial charge >= 0.3 is 0 Å². The van der Waals surface area contributed by atoms with E-state index in [-0.39, 0.29) is 0 Å². The molecular weight excluding hydrogens is 258 g/mol. The maximum atomic E-state index is 6.29. The fourth-order valence-electron chi connectivity index (χ4n) is 2.77. The van der Waals surface area contributed by atoms with Gasteiger partial charge in [0, 0.05) is 13.1 Å². The number of hydrogen-bond acceptors (Lipinski definition) is 2. The maximum absolute atomic E-state index is 6.29. The van der Waals surface area contributed by atoms with Gasteiger partial charge in [-0.1, -0.05) is 18.5 Å². The molecular formula is C15H26ClN3. The van der Waals surface area contributed by atoms with E-state index in [4.69, 9.17) is 11.6 Å². The molecule has 1 unspecified atom stereocenters. The van der Waals surface area contributed by atoms with Crippen LogP contribution in [0, 0.1) is 12.8 Å². The van der Waals surface area contributed by atoms with Gasteiger partial charge in [-0.2, -0.15) is 5.10 Å². The van der Waals surface area contributed by atoms with Crippen LogP contribution in [0.3, 0.4) is 0 Å². The number of aryl methyl sites for hydroxylation is 2. The van der Waals surface area contributed by atoms with Crippen LogP contribution in [0.25, 0.3) is 0 Å². The minimum atomic E-state index is 0.716. The highest BCUT2D eigenvalue weighted by Gasteiger charge is 2.30. The predicted molar refractivity (Wildman–Crippen MR) is 80.7 cm³/mol. The van der Waals surface area contributed by atoms with Crippen LogP contribution in [0.4, 0.5) is 0 Å². The molecule has 1 aromatic rings. The van der Waals surface area contributed by atoms with E-state index in [9.17, 15) is 0 Å². The molecule has 108 valence electrons. The number of hydrogen-bond donors (Lipinski definition) is 1. The zero-order valence-electron chi connectivity index (χ0n) is 12.4. The smallest absolute Gasteiger partial charge is 0.0846 e. The number of aromatic nitrogens is 2. The highest BCUT2D eigenvalue weighted by atomic mass is 35.5. The Balaban J connectivity index is 1.81. The maximum Gasteiger partial charge on any atom is 0.0846 e. The van der Waals surface area contributed by atoms with Crippen LogP contribution in [0.2, 0.25) is 5.02 Å². The SMILES string of the molecule is CCCNC(CCCc1c(Cl)c(C)nn1C)C1CC1. The number of halogens is 1. The molecule has 0 aromatic carbocycles. The highest BCUT2D eigenvalue weighted by molar-refractivity contribution is 6.31. The van der Waals surface area contributed by atoms with Gasteiger partial charge in [-0.25, -0.2) is 0 Å². The summed E-state index contributed by atoms with van der Waals surface area (Å²) in [6, 6.07) is 0.716. The van der Waals surface area contributed by atoms with Gasteiger partial charge in [-0.3, -0.25) is 4.68 Å². The first kappa shape index (κ1) is 14.9. The monoisotopic (exact) mass is 283 g/mol. The molecule has 1 N–H and O–H groups in total. The van der Waals surface area contributed by atoms with E-state index in [1.165, 1.54) is 37.8 Å². The quantitative estimate of drug-likeness (QED) is 0.792. The van der Waals surface area contributed by atoms with Crippen molar-refractivity contribution < 1.29 is 0 Å². The first-order chi connectivity index (χ1) is 9.13. The molecule has 1 heterocycles. The van der Waals surface area contributed by atoms with Crippen molar-refractivity contribution in [3.8, 4) is 0 Å². The lowest BCUT2D eigenvalue weighted by Crippen LogP contribution is -2.31. The van der Waals surface area contributed by atoms with Crippen LogP contribution >= 0.6 is 11.6 Å². The second-order valence-corrected chi connectivity index (χ2v) is 6.14. The van der Waals surface area contributed by atoms with Gasteiger partial charge in [0.2, 0.25) is 0 Å². The summed E-state index contributed by atoms with van der Waals surface area (Å²) in [7, 11) is 1.99. The minimum absolute atomic E-state index is 0.716. The summed E-state index contributed by atoms with van der Waals surface area (Å²) in [5.41, 5.74) is 2.13. The molecule has 4 heteroatoms. The van der Waals surface area contributed by atoms with Crippen LogP contribution in [-0.2, 0) is 13.5 Å². The lowest BCUT2D eigenvalue weighted by atomic mass is 10.0. The third-order valence-corrected chi connectivity index (χ3v) is 4.53. The Hall–Kier alpha value is -0.540. The molecule has 0 aliphatic heterocycles. The molecule has 1 atom stereocenters. The molecule has 1 fully saturated rings. The number of rotatable bonds is 8. The van der Waals surface area contributed by atoms with Gasteiger partial charge in [-0.05, 0) is 57.9 Å². The van der Waals surface area contributed by atoms with Crippen LogP contribution in [0.1, 0.15) is 50.4 Å². The Morgan fingerprint density at radius 2 is 2.21 bits per heavy atom. The average Bonchev–Trinajstić information content (AvgIpc) is 3.17. The van der Waals surface area contributed by atoms with Crippen LogP contribution < -0.4 is 5.32 Å². The van der Waals surface area contributed by atoms with Gasteiger partial charge in [0.1, 0.15) is 0 Å². The molecule has 3 nitrogen and oxygen atoms in total. The summed E-state index contributed by atoms with van der Waals surface area (Å²) >= 11 is 6.29. The molecule has 0 radical (unpaired) electrons. The minimum Gasteiger partial charge on any atom is -0.314 e. The predicted octanol–water partition coefficient (Wildman–Crippen LogP) is 3.48. The summed E-state index contributed by atoms with van der Waals surface area (Å²) in [4.78, 5) is 0. The molecule has 1 aliphatic carbocycles. The van der Waals surface area contributed by atoms with Crippen LogP contribution in [0.15, 0.2) is 0 Å². The van der Waals surface area contributed by atoms with E-state index in [1.54, 1.807) is 0 Å². The van der Waals surface area contributed by atoms with Crippen molar-refractivity contribution in [3.05, 3.63) is 16.4 Å². The molecule has 0 spiro atoms. The standard InChI is InChI=1S/C15H26ClN3/c1-4-10-17-13(12-8-9-12)6-5-7-14-15(16)11(2)18-19(14)3/h12-13,17H,4-10H2,1-3H3. The van der Waals surface area contributed by atoms with Gasteiger partial charge in [0.25, 0.3) is 0 Å². The van der Waals surface area contributed by atoms with Gasteiger partial charge in [-0.15, -0.1) is 0 Å². The number of nitrogens with one attached hydrogen (secondary N) is 1. The van der Waals surface area contributed by atoms with Gasteiger partial charge in [0.15, 0.2) is 0 Å². The molecule has 2 rings (SSSR count). The first-order valence-corrected chi connectivity index (χ1v) is 7.92. The summed E-state index contributed by atoms with van der Waals surface area (Å²) in [5, 5.41) is 8.92. The zero-order valence-corrected chi connectivity index (χ0v) is 13.1. The molecule has 0 bridgehead atoms.